The van der Waals surface area contributed by atoms with Crippen molar-refractivity contribution in [2.24, 2.45) is 0 Å². The van der Waals surface area contributed by atoms with E-state index in [0.29, 0.717) is 18.1 Å². The molecule has 0 atom stereocenters. The lowest BCUT2D eigenvalue weighted by atomic mass is 10.0. The van der Waals surface area contributed by atoms with Crippen molar-refractivity contribution in [2.45, 2.75) is 42.6 Å². The Kier molecular flexibility index (Phi) is 5.30. The zero-order chi connectivity index (χ0) is 17.2. The molecule has 1 aliphatic carbocycles. The molecule has 6 heteroatoms. The van der Waals surface area contributed by atoms with Gasteiger partial charge in [0, 0.05) is 24.2 Å². The van der Waals surface area contributed by atoms with Crippen LogP contribution >= 0.6 is 11.6 Å². The van der Waals surface area contributed by atoms with Gasteiger partial charge >= 0.3 is 0 Å². The van der Waals surface area contributed by atoms with E-state index >= 15 is 0 Å². The molecule has 1 amide bonds. The van der Waals surface area contributed by atoms with Crippen LogP contribution in [-0.4, -0.2) is 42.8 Å². The second-order valence-corrected chi connectivity index (χ2v) is 9.49. The van der Waals surface area contributed by atoms with Crippen molar-refractivity contribution in [3.05, 3.63) is 40.9 Å². The van der Waals surface area contributed by atoms with Crippen LogP contribution < -0.4 is 0 Å². The summed E-state index contributed by atoms with van der Waals surface area (Å²) in [5, 5.41) is -0.00616. The third-order valence-electron chi connectivity index (χ3n) is 4.95. The topological polar surface area (TPSA) is 54.5 Å². The van der Waals surface area contributed by atoms with Crippen molar-refractivity contribution in [1.29, 1.82) is 0 Å². The fraction of sp³-hybridized carbons (Fsp3) is 0.500. The third-order valence-corrected chi connectivity index (χ3v) is 7.92. The Morgan fingerprint density at radius 3 is 2.42 bits per heavy atom. The van der Waals surface area contributed by atoms with Gasteiger partial charge in [-0.3, -0.25) is 4.79 Å². The Balaban J connectivity index is 1.56. The van der Waals surface area contributed by atoms with Crippen molar-refractivity contribution < 1.29 is 13.2 Å². The van der Waals surface area contributed by atoms with E-state index in [-0.39, 0.29) is 11.2 Å². The van der Waals surface area contributed by atoms with Gasteiger partial charge < -0.3 is 4.90 Å². The highest BCUT2D eigenvalue weighted by molar-refractivity contribution is 7.92. The van der Waals surface area contributed by atoms with Crippen molar-refractivity contribution in [3.63, 3.8) is 0 Å². The van der Waals surface area contributed by atoms with Crippen LogP contribution in [-0.2, 0) is 14.6 Å². The van der Waals surface area contributed by atoms with Crippen LogP contribution in [0.25, 0.3) is 6.08 Å². The molecular weight excluding hydrogens is 346 g/mol. The van der Waals surface area contributed by atoms with Gasteiger partial charge in [-0.2, -0.15) is 0 Å². The van der Waals surface area contributed by atoms with E-state index in [9.17, 15) is 13.2 Å². The SMILES string of the molecule is O=C(/C=C/c1ccccc1Cl)N1CC(S(=O)(=O)C2CCCCC2)C1. The molecule has 0 spiro atoms. The molecule has 0 bridgehead atoms. The number of carbonyl (C=O) groups excluding carboxylic acids is 1. The molecule has 1 saturated carbocycles. The minimum absolute atomic E-state index is 0.162. The number of rotatable bonds is 4. The first kappa shape index (κ1) is 17.5. The van der Waals surface area contributed by atoms with E-state index in [4.69, 9.17) is 11.6 Å². The number of benzene rings is 1. The molecule has 1 aliphatic heterocycles. The number of nitrogens with zero attached hydrogens (tertiary/aromatic N) is 1. The van der Waals surface area contributed by atoms with E-state index in [1.165, 1.54) is 6.08 Å². The van der Waals surface area contributed by atoms with Gasteiger partial charge in [0.15, 0.2) is 9.84 Å². The summed E-state index contributed by atoms with van der Waals surface area (Å²) in [6.07, 6.45) is 7.82. The fourth-order valence-electron chi connectivity index (χ4n) is 3.37. The zero-order valence-corrected chi connectivity index (χ0v) is 15.1. The molecule has 0 unspecified atom stereocenters. The maximum atomic E-state index is 12.6. The number of amides is 1. The first-order valence-corrected chi connectivity index (χ1v) is 10.4. The Labute approximate surface area is 148 Å². The smallest absolute Gasteiger partial charge is 0.246 e. The van der Waals surface area contributed by atoms with Crippen molar-refractivity contribution in [2.75, 3.05) is 13.1 Å². The minimum atomic E-state index is -3.10. The van der Waals surface area contributed by atoms with Crippen LogP contribution in [0.3, 0.4) is 0 Å². The predicted molar refractivity (Wildman–Crippen MR) is 96.6 cm³/mol. The first-order valence-electron chi connectivity index (χ1n) is 8.42. The van der Waals surface area contributed by atoms with Gasteiger partial charge in [-0.05, 0) is 30.5 Å². The van der Waals surface area contributed by atoms with E-state index in [1.54, 1.807) is 17.0 Å². The van der Waals surface area contributed by atoms with Crippen molar-refractivity contribution >= 4 is 33.4 Å². The summed E-state index contributed by atoms with van der Waals surface area (Å²) >= 11 is 6.05. The molecule has 130 valence electrons. The van der Waals surface area contributed by atoms with Crippen LogP contribution in [0.4, 0.5) is 0 Å². The summed E-state index contributed by atoms with van der Waals surface area (Å²) in [5.74, 6) is -0.162. The highest BCUT2D eigenvalue weighted by Crippen LogP contribution is 2.30. The van der Waals surface area contributed by atoms with Crippen molar-refractivity contribution in [3.8, 4) is 0 Å². The number of likely N-dealkylation sites (tertiary alicyclic amines) is 1. The predicted octanol–water partition coefficient (Wildman–Crippen LogP) is 3.31. The van der Waals surface area contributed by atoms with Crippen LogP contribution in [0, 0.1) is 0 Å². The Bertz CT molecular complexity index is 732. The molecule has 0 N–H and O–H groups in total. The summed E-state index contributed by atoms with van der Waals surface area (Å²) in [6, 6.07) is 7.28. The molecule has 1 heterocycles. The average Bonchev–Trinajstić information content (AvgIpc) is 2.53. The minimum Gasteiger partial charge on any atom is -0.336 e. The Morgan fingerprint density at radius 1 is 1.08 bits per heavy atom. The summed E-state index contributed by atoms with van der Waals surface area (Å²) in [5.41, 5.74) is 0.777. The van der Waals surface area contributed by atoms with Crippen molar-refractivity contribution in [1.82, 2.24) is 4.90 Å². The Morgan fingerprint density at radius 2 is 1.75 bits per heavy atom. The molecule has 1 aromatic rings. The Hall–Kier alpha value is -1.33. The van der Waals surface area contributed by atoms with Gasteiger partial charge in [0.25, 0.3) is 0 Å². The fourth-order valence-corrected chi connectivity index (χ4v) is 5.88. The van der Waals surface area contributed by atoms with E-state index < -0.39 is 15.1 Å². The van der Waals surface area contributed by atoms with Crippen LogP contribution in [0.15, 0.2) is 30.3 Å². The molecule has 24 heavy (non-hydrogen) atoms. The molecule has 4 nitrogen and oxygen atoms in total. The van der Waals surface area contributed by atoms with E-state index in [2.05, 4.69) is 0 Å². The largest absolute Gasteiger partial charge is 0.336 e. The number of carbonyl (C=O) groups is 1. The molecule has 0 aromatic heterocycles. The summed E-state index contributed by atoms with van der Waals surface area (Å²) in [6.45, 7) is 0.620. The van der Waals surface area contributed by atoms with Crippen LogP contribution in [0.1, 0.15) is 37.7 Å². The molecule has 2 fully saturated rings. The molecule has 3 rings (SSSR count). The number of hydrogen-bond acceptors (Lipinski definition) is 3. The lowest BCUT2D eigenvalue weighted by Gasteiger charge is -2.40. The molecule has 0 radical (unpaired) electrons. The summed E-state index contributed by atoms with van der Waals surface area (Å²) < 4.78 is 25.2. The zero-order valence-electron chi connectivity index (χ0n) is 13.5. The molecule has 1 aromatic carbocycles. The maximum Gasteiger partial charge on any atom is 0.246 e. The quantitative estimate of drug-likeness (QED) is 0.767. The lowest BCUT2D eigenvalue weighted by Crippen LogP contribution is -2.58. The standard InChI is InChI=1S/C18H22ClNO3S/c19-17-9-5-4-6-14(17)10-11-18(21)20-12-16(13-20)24(22,23)15-7-2-1-3-8-15/h4-6,9-11,15-16H,1-3,7-8,12-13H2/b11-10+. The summed E-state index contributed by atoms with van der Waals surface area (Å²) in [4.78, 5) is 13.7. The van der Waals surface area contributed by atoms with Gasteiger partial charge in [0.2, 0.25) is 5.91 Å². The number of hydrogen-bond donors (Lipinski definition) is 0. The van der Waals surface area contributed by atoms with Gasteiger partial charge in [-0.15, -0.1) is 0 Å². The first-order chi connectivity index (χ1) is 11.5. The molecule has 1 saturated heterocycles. The highest BCUT2D eigenvalue weighted by atomic mass is 35.5. The van der Waals surface area contributed by atoms with Crippen LogP contribution in [0.2, 0.25) is 5.02 Å². The normalized spacial score (nSPS) is 20.3. The van der Waals surface area contributed by atoms with Gasteiger partial charge in [-0.25, -0.2) is 8.42 Å². The monoisotopic (exact) mass is 367 g/mol. The van der Waals surface area contributed by atoms with Crippen LogP contribution in [0.5, 0.6) is 0 Å². The molecule has 2 aliphatic rings. The van der Waals surface area contributed by atoms with Gasteiger partial charge in [0.05, 0.1) is 10.5 Å². The second-order valence-electron chi connectivity index (χ2n) is 6.57. The number of halogens is 1. The second kappa shape index (κ2) is 7.28. The van der Waals surface area contributed by atoms with Gasteiger partial charge in [0.1, 0.15) is 0 Å². The third kappa shape index (κ3) is 3.67. The average molecular weight is 368 g/mol. The van der Waals surface area contributed by atoms with Gasteiger partial charge in [-0.1, -0.05) is 49.1 Å². The highest BCUT2D eigenvalue weighted by Gasteiger charge is 2.43. The van der Waals surface area contributed by atoms with E-state index in [0.717, 1.165) is 37.7 Å². The number of sulfone groups is 1. The maximum absolute atomic E-state index is 12.6. The van der Waals surface area contributed by atoms with E-state index in [1.807, 2.05) is 18.2 Å². The lowest BCUT2D eigenvalue weighted by molar-refractivity contribution is -0.128. The molecular formula is C18H22ClNO3S. The summed E-state index contributed by atoms with van der Waals surface area (Å²) in [7, 11) is -3.10.